The third-order valence-electron chi connectivity index (χ3n) is 7.74. The van der Waals surface area contributed by atoms with Crippen molar-refractivity contribution in [3.05, 3.63) is 10.4 Å². The molecule has 0 spiro atoms. The Hall–Kier alpha value is -1.34. The van der Waals surface area contributed by atoms with Crippen LogP contribution in [-0.2, 0) is 14.4 Å². The quantitative estimate of drug-likeness (QED) is 0.0474. The van der Waals surface area contributed by atoms with Gasteiger partial charge in [-0.05, 0) is 46.6 Å². The predicted octanol–water partition coefficient (Wildman–Crippen LogP) is 8.81. The molecule has 1 rings (SSSR count). The fourth-order valence-corrected chi connectivity index (χ4v) is 5.85. The number of hydrogen-bond donors (Lipinski definition) is 1. The van der Waals surface area contributed by atoms with Crippen molar-refractivity contribution in [3.63, 3.8) is 0 Å². The number of hydroxylamine groups is 2. The molecule has 0 aliphatic carbocycles. The number of hydrogen-bond acceptors (Lipinski definition) is 6. The molecule has 0 saturated carbocycles. The highest BCUT2D eigenvalue weighted by molar-refractivity contribution is 5.69. The van der Waals surface area contributed by atoms with Crippen LogP contribution >= 0.6 is 0 Å². The molecule has 0 bridgehead atoms. The van der Waals surface area contributed by atoms with E-state index in [1.165, 1.54) is 83.5 Å². The van der Waals surface area contributed by atoms with Gasteiger partial charge < -0.3 is 9.84 Å². The van der Waals surface area contributed by atoms with Gasteiger partial charge in [0.2, 0.25) is 0 Å². The predicted molar refractivity (Wildman–Crippen MR) is 159 cm³/mol. The Bertz CT molecular complexity index is 718. The van der Waals surface area contributed by atoms with Crippen LogP contribution in [0.5, 0.6) is 0 Å². The van der Waals surface area contributed by atoms with E-state index in [1.807, 2.05) is 25.8 Å². The van der Waals surface area contributed by atoms with Gasteiger partial charge in [0.05, 0.1) is 17.7 Å². The van der Waals surface area contributed by atoms with Gasteiger partial charge in [-0.15, -0.1) is 0 Å². The minimum atomic E-state index is -0.994. The van der Waals surface area contributed by atoms with E-state index in [9.17, 15) is 9.90 Å². The molecule has 0 amide bonds. The molecule has 1 aliphatic rings. The number of esters is 1. The summed E-state index contributed by atoms with van der Waals surface area (Å²) in [7, 11) is 0. The van der Waals surface area contributed by atoms with Gasteiger partial charge in [-0.2, -0.15) is 5.06 Å². The van der Waals surface area contributed by atoms with Crippen LogP contribution in [0.3, 0.4) is 0 Å². The third-order valence-corrected chi connectivity index (χ3v) is 7.74. The van der Waals surface area contributed by atoms with Gasteiger partial charge in [0, 0.05) is 36.3 Å². The van der Waals surface area contributed by atoms with Crippen LogP contribution in [0.2, 0.25) is 0 Å². The van der Waals surface area contributed by atoms with E-state index < -0.39 is 16.7 Å². The molecule has 0 aromatic heterocycles. The number of azide groups is 1. The first-order valence-corrected chi connectivity index (χ1v) is 15.8. The van der Waals surface area contributed by atoms with Crippen molar-refractivity contribution in [1.82, 2.24) is 5.06 Å². The van der Waals surface area contributed by atoms with Crippen molar-refractivity contribution in [2.45, 2.75) is 180 Å². The molecule has 39 heavy (non-hydrogen) atoms. The molecule has 8 nitrogen and oxygen atoms in total. The first kappa shape index (κ1) is 35.7. The first-order valence-electron chi connectivity index (χ1n) is 15.8. The summed E-state index contributed by atoms with van der Waals surface area (Å²) in [5, 5.41) is 15.8. The van der Waals surface area contributed by atoms with E-state index in [0.29, 0.717) is 19.3 Å². The molecule has 8 heteroatoms. The fraction of sp³-hybridized carbons (Fsp3) is 0.968. The fourth-order valence-electron chi connectivity index (χ4n) is 5.85. The van der Waals surface area contributed by atoms with Gasteiger partial charge >= 0.3 is 5.97 Å². The summed E-state index contributed by atoms with van der Waals surface area (Å²) in [5.41, 5.74) is 6.82. The molecule has 1 fully saturated rings. The Morgan fingerprint density at radius 1 is 0.923 bits per heavy atom. The zero-order valence-corrected chi connectivity index (χ0v) is 26.2. The second-order valence-electron chi connectivity index (χ2n) is 13.3. The molecule has 2 unspecified atom stereocenters. The summed E-state index contributed by atoms with van der Waals surface area (Å²) in [4.78, 5) is 21.6. The number of piperidine rings is 1. The van der Waals surface area contributed by atoms with E-state index in [0.717, 1.165) is 12.8 Å². The third kappa shape index (κ3) is 15.9. The summed E-state index contributed by atoms with van der Waals surface area (Å²) in [5.74, 6) is -0.150. The van der Waals surface area contributed by atoms with Crippen molar-refractivity contribution in [1.29, 1.82) is 0 Å². The van der Waals surface area contributed by atoms with Gasteiger partial charge in [0.1, 0.15) is 6.10 Å². The average Bonchev–Trinajstić information content (AvgIpc) is 2.83. The smallest absolute Gasteiger partial charge is 0.306 e. The second-order valence-corrected chi connectivity index (χ2v) is 13.3. The maximum atomic E-state index is 12.6. The number of ether oxygens (including phenoxy) is 1. The van der Waals surface area contributed by atoms with Gasteiger partial charge in [0.15, 0.2) is 0 Å². The largest absolute Gasteiger partial charge is 0.462 e. The zero-order valence-electron chi connectivity index (χ0n) is 26.2. The van der Waals surface area contributed by atoms with E-state index in [4.69, 9.17) is 15.1 Å². The molecule has 1 aliphatic heterocycles. The van der Waals surface area contributed by atoms with E-state index in [1.54, 1.807) is 13.8 Å². The Labute approximate surface area is 239 Å². The highest BCUT2D eigenvalue weighted by Crippen LogP contribution is 2.41. The number of rotatable bonds is 22. The summed E-state index contributed by atoms with van der Waals surface area (Å²) >= 11 is 0. The second kappa shape index (κ2) is 18.9. The molecule has 0 aromatic rings. The summed E-state index contributed by atoms with van der Waals surface area (Å²) in [6.45, 7) is 12.0. The van der Waals surface area contributed by atoms with Crippen LogP contribution in [0, 0.1) is 0 Å². The lowest BCUT2D eigenvalue weighted by atomic mass is 9.79. The van der Waals surface area contributed by atoms with Crippen LogP contribution in [0.15, 0.2) is 5.11 Å². The van der Waals surface area contributed by atoms with Crippen LogP contribution in [-0.4, -0.2) is 52.1 Å². The summed E-state index contributed by atoms with van der Waals surface area (Å²) < 4.78 is 5.91. The molecule has 1 N–H and O–H groups in total. The highest BCUT2D eigenvalue weighted by atomic mass is 16.7. The van der Waals surface area contributed by atoms with Crippen LogP contribution in [0.25, 0.3) is 10.4 Å². The van der Waals surface area contributed by atoms with Crippen molar-refractivity contribution in [2.24, 2.45) is 5.11 Å². The topological polar surface area (TPSA) is 108 Å². The van der Waals surface area contributed by atoms with Gasteiger partial charge in [-0.25, -0.2) is 0 Å². The molecule has 2 atom stereocenters. The van der Waals surface area contributed by atoms with E-state index >= 15 is 0 Å². The number of unbranched alkanes of at least 4 members (excludes halogenated alkanes) is 14. The average molecular weight is 553 g/mol. The normalized spacial score (nSPS) is 21.5. The standard InChI is InChI=1S/C31H60N4O4/c1-7-8-9-10-11-12-13-14-15-16-17-18-19-20-21-22-28(36)39-27-23-29(2,3)35(38-26-30(4,5)37)31(6,24-27)25-33-34-32/h27,37H,7-26H2,1-6H3. The molecule has 1 saturated heterocycles. The lowest BCUT2D eigenvalue weighted by molar-refractivity contribution is -0.308. The Morgan fingerprint density at radius 2 is 1.41 bits per heavy atom. The summed E-state index contributed by atoms with van der Waals surface area (Å²) in [6, 6.07) is 0. The van der Waals surface area contributed by atoms with Gasteiger partial charge in [-0.3, -0.25) is 9.63 Å². The number of carbonyl (C=O) groups is 1. The van der Waals surface area contributed by atoms with Gasteiger partial charge in [-0.1, -0.05) is 102 Å². The zero-order chi connectivity index (χ0) is 29.2. The van der Waals surface area contributed by atoms with E-state index in [-0.39, 0.29) is 25.2 Å². The first-order chi connectivity index (χ1) is 18.4. The van der Waals surface area contributed by atoms with Crippen LogP contribution in [0.1, 0.15) is 157 Å². The number of carbonyl (C=O) groups excluding carboxylic acids is 1. The van der Waals surface area contributed by atoms with Crippen molar-refractivity contribution < 1.29 is 19.5 Å². The number of aliphatic hydroxyl groups is 1. The molecule has 0 aromatic carbocycles. The molecular weight excluding hydrogens is 492 g/mol. The van der Waals surface area contributed by atoms with E-state index in [2.05, 4.69) is 16.9 Å². The monoisotopic (exact) mass is 552 g/mol. The Balaban J connectivity index is 2.28. The van der Waals surface area contributed by atoms with Crippen LogP contribution < -0.4 is 0 Å². The van der Waals surface area contributed by atoms with Gasteiger partial charge in [0.25, 0.3) is 0 Å². The van der Waals surface area contributed by atoms with Crippen molar-refractivity contribution in [2.75, 3.05) is 13.2 Å². The van der Waals surface area contributed by atoms with Crippen molar-refractivity contribution in [3.8, 4) is 0 Å². The maximum absolute atomic E-state index is 12.6. The number of nitrogens with zero attached hydrogens (tertiary/aromatic N) is 4. The Kier molecular flexibility index (Phi) is 17.3. The molecular formula is C31H60N4O4. The highest BCUT2D eigenvalue weighted by Gasteiger charge is 2.50. The molecule has 228 valence electrons. The lowest BCUT2D eigenvalue weighted by Gasteiger charge is -2.54. The molecule has 1 heterocycles. The minimum Gasteiger partial charge on any atom is -0.462 e. The summed E-state index contributed by atoms with van der Waals surface area (Å²) in [6.07, 6.45) is 20.7. The van der Waals surface area contributed by atoms with Crippen molar-refractivity contribution >= 4 is 5.97 Å². The lowest BCUT2D eigenvalue weighted by Crippen LogP contribution is -2.65. The molecule has 0 radical (unpaired) electrons. The SMILES string of the molecule is CCCCCCCCCCCCCCCCCC(=O)OC1CC(C)(C)N(OCC(C)(C)O)C(C)(CN=[N+]=[N-])C1. The Morgan fingerprint density at radius 3 is 1.87 bits per heavy atom. The van der Waals surface area contributed by atoms with Crippen LogP contribution in [0.4, 0.5) is 0 Å². The minimum absolute atomic E-state index is 0.117. The maximum Gasteiger partial charge on any atom is 0.306 e.